The molecule has 1 N–H and O–H groups in total. The van der Waals surface area contributed by atoms with E-state index in [-0.39, 0.29) is 0 Å². The summed E-state index contributed by atoms with van der Waals surface area (Å²) in [5.74, 6) is 0. The van der Waals surface area contributed by atoms with Crippen molar-refractivity contribution in [2.24, 2.45) is 0 Å². The van der Waals surface area contributed by atoms with Gasteiger partial charge in [0.2, 0.25) is 10.0 Å². The van der Waals surface area contributed by atoms with Gasteiger partial charge in [0.25, 0.3) is 0 Å². The van der Waals surface area contributed by atoms with E-state index in [1.165, 1.54) is 10.9 Å². The SMILES string of the molecule is CN(C)c1cccc2c(S(=O)(=O)N3CCc4c([nH]c5ccccc45)C3)cccc12. The molecule has 5 rings (SSSR count). The highest BCUT2D eigenvalue weighted by molar-refractivity contribution is 7.89. The highest BCUT2D eigenvalue weighted by atomic mass is 32.2. The molecule has 1 aromatic heterocycles. The zero-order chi connectivity index (χ0) is 20.2. The van der Waals surface area contributed by atoms with E-state index in [1.807, 2.05) is 67.5 Å². The summed E-state index contributed by atoms with van der Waals surface area (Å²) in [6.07, 6.45) is 0.715. The normalized spacial score (nSPS) is 15.0. The van der Waals surface area contributed by atoms with Crippen molar-refractivity contribution < 1.29 is 8.42 Å². The number of para-hydroxylation sites is 1. The number of benzene rings is 3. The smallest absolute Gasteiger partial charge is 0.244 e. The maximum Gasteiger partial charge on any atom is 0.244 e. The van der Waals surface area contributed by atoms with Gasteiger partial charge in [-0.25, -0.2) is 8.42 Å². The largest absolute Gasteiger partial charge is 0.377 e. The summed E-state index contributed by atoms with van der Waals surface area (Å²) in [4.78, 5) is 5.80. The van der Waals surface area contributed by atoms with Crippen LogP contribution in [0.25, 0.3) is 21.7 Å². The molecule has 0 aliphatic carbocycles. The van der Waals surface area contributed by atoms with Crippen molar-refractivity contribution in [2.45, 2.75) is 17.9 Å². The van der Waals surface area contributed by atoms with Crippen LogP contribution in [0.1, 0.15) is 11.3 Å². The predicted octanol–water partition coefficient (Wildman–Crippen LogP) is 4.13. The third-order valence-electron chi connectivity index (χ3n) is 5.81. The van der Waals surface area contributed by atoms with Gasteiger partial charge in [0.15, 0.2) is 0 Å². The number of aromatic amines is 1. The number of hydrogen-bond donors (Lipinski definition) is 1. The summed E-state index contributed by atoms with van der Waals surface area (Å²) in [6, 6.07) is 19.5. The molecule has 4 aromatic rings. The molecule has 3 aromatic carbocycles. The Kier molecular flexibility index (Phi) is 4.15. The molecule has 0 bridgehead atoms. The number of sulfonamides is 1. The first-order valence-electron chi connectivity index (χ1n) is 9.74. The number of anilines is 1. The number of nitrogens with zero attached hydrogens (tertiary/aromatic N) is 2. The quantitative estimate of drug-likeness (QED) is 0.557. The standard InChI is InChI=1S/C23H23N3O2S/c1-25(2)22-11-5-9-19-18(22)8-6-12-23(19)29(27,28)26-14-13-17-16-7-3-4-10-20(16)24-21(17)15-26/h3-12,24H,13-15H2,1-2H3. The Morgan fingerprint density at radius 2 is 1.62 bits per heavy atom. The Balaban J connectivity index is 1.59. The summed E-state index contributed by atoms with van der Waals surface area (Å²) in [5.41, 5.74) is 4.31. The van der Waals surface area contributed by atoms with Crippen LogP contribution in [0.3, 0.4) is 0 Å². The van der Waals surface area contributed by atoms with Gasteiger partial charge in [-0.2, -0.15) is 4.31 Å². The third kappa shape index (κ3) is 2.82. The zero-order valence-corrected chi connectivity index (χ0v) is 17.3. The minimum atomic E-state index is -3.62. The van der Waals surface area contributed by atoms with Crippen molar-refractivity contribution >= 4 is 37.4 Å². The second kappa shape index (κ2) is 6.61. The fourth-order valence-electron chi connectivity index (χ4n) is 4.39. The van der Waals surface area contributed by atoms with Gasteiger partial charge >= 0.3 is 0 Å². The van der Waals surface area contributed by atoms with Crippen molar-refractivity contribution in [1.82, 2.24) is 9.29 Å². The van der Waals surface area contributed by atoms with Crippen molar-refractivity contribution in [3.63, 3.8) is 0 Å². The minimum Gasteiger partial charge on any atom is -0.377 e. The molecule has 6 heteroatoms. The molecule has 2 heterocycles. The van der Waals surface area contributed by atoms with E-state index in [1.54, 1.807) is 10.4 Å². The number of aromatic nitrogens is 1. The van der Waals surface area contributed by atoms with E-state index in [9.17, 15) is 8.42 Å². The molecule has 1 aliphatic heterocycles. The van der Waals surface area contributed by atoms with Crippen molar-refractivity contribution in [3.8, 4) is 0 Å². The second-order valence-electron chi connectivity index (χ2n) is 7.74. The molecule has 0 amide bonds. The van der Waals surface area contributed by atoms with Crippen molar-refractivity contribution in [2.75, 3.05) is 25.5 Å². The first kappa shape index (κ1) is 18.2. The average Bonchev–Trinajstić information content (AvgIpc) is 3.10. The first-order valence-corrected chi connectivity index (χ1v) is 11.2. The molecule has 0 fully saturated rings. The monoisotopic (exact) mass is 405 g/mol. The van der Waals surface area contributed by atoms with Crippen molar-refractivity contribution in [3.05, 3.63) is 71.9 Å². The van der Waals surface area contributed by atoms with Gasteiger partial charge in [-0.1, -0.05) is 42.5 Å². The molecule has 0 spiro atoms. The Morgan fingerprint density at radius 3 is 2.45 bits per heavy atom. The molecular weight excluding hydrogens is 382 g/mol. The van der Waals surface area contributed by atoms with Gasteiger partial charge in [0, 0.05) is 53.7 Å². The molecule has 0 radical (unpaired) electrons. The lowest BCUT2D eigenvalue weighted by Gasteiger charge is -2.27. The van der Waals surface area contributed by atoms with Gasteiger partial charge in [-0.3, -0.25) is 0 Å². The van der Waals surface area contributed by atoms with Crippen LogP contribution < -0.4 is 4.90 Å². The Bertz CT molecular complexity index is 1340. The topological polar surface area (TPSA) is 56.4 Å². The van der Waals surface area contributed by atoms with E-state index in [0.29, 0.717) is 24.4 Å². The zero-order valence-electron chi connectivity index (χ0n) is 16.5. The van der Waals surface area contributed by atoms with Crippen LogP contribution in [-0.2, 0) is 23.0 Å². The summed E-state index contributed by atoms with van der Waals surface area (Å²) in [7, 11) is 0.324. The number of rotatable bonds is 3. The van der Waals surface area contributed by atoms with Crippen LogP contribution in [0.2, 0.25) is 0 Å². The minimum absolute atomic E-state index is 0.371. The van der Waals surface area contributed by atoms with Gasteiger partial charge in [-0.15, -0.1) is 0 Å². The highest BCUT2D eigenvalue weighted by Crippen LogP contribution is 2.34. The highest BCUT2D eigenvalue weighted by Gasteiger charge is 2.31. The molecule has 0 atom stereocenters. The average molecular weight is 406 g/mol. The van der Waals surface area contributed by atoms with Gasteiger partial charge in [0.05, 0.1) is 11.4 Å². The second-order valence-corrected chi connectivity index (χ2v) is 9.65. The number of nitrogens with one attached hydrogen (secondary N) is 1. The summed E-state index contributed by atoms with van der Waals surface area (Å²) in [6.45, 7) is 0.858. The van der Waals surface area contributed by atoms with E-state index < -0.39 is 10.0 Å². The maximum absolute atomic E-state index is 13.6. The predicted molar refractivity (Wildman–Crippen MR) is 118 cm³/mol. The van der Waals surface area contributed by atoms with E-state index in [0.717, 1.165) is 27.7 Å². The lowest BCUT2D eigenvalue weighted by atomic mass is 10.1. The number of fused-ring (bicyclic) bond motifs is 4. The molecule has 148 valence electrons. The molecule has 0 saturated carbocycles. The first-order chi connectivity index (χ1) is 14.0. The molecule has 5 nitrogen and oxygen atoms in total. The van der Waals surface area contributed by atoms with Crippen LogP contribution in [0.4, 0.5) is 5.69 Å². The van der Waals surface area contributed by atoms with E-state index in [4.69, 9.17) is 0 Å². The van der Waals surface area contributed by atoms with E-state index in [2.05, 4.69) is 11.1 Å². The fraction of sp³-hybridized carbons (Fsp3) is 0.217. The lowest BCUT2D eigenvalue weighted by Crippen LogP contribution is -2.36. The molecule has 1 aliphatic rings. The Morgan fingerprint density at radius 1 is 0.897 bits per heavy atom. The van der Waals surface area contributed by atoms with Crippen LogP contribution >= 0.6 is 0 Å². The molecular formula is C23H23N3O2S. The number of hydrogen-bond acceptors (Lipinski definition) is 3. The van der Waals surface area contributed by atoms with E-state index >= 15 is 0 Å². The maximum atomic E-state index is 13.6. The van der Waals surface area contributed by atoms with Crippen LogP contribution in [-0.4, -0.2) is 38.3 Å². The molecule has 29 heavy (non-hydrogen) atoms. The number of H-pyrrole nitrogens is 1. The summed E-state index contributed by atoms with van der Waals surface area (Å²) in [5, 5.41) is 2.91. The van der Waals surface area contributed by atoms with Crippen molar-refractivity contribution in [1.29, 1.82) is 0 Å². The molecule has 0 unspecified atom stereocenters. The Labute approximate surface area is 170 Å². The lowest BCUT2D eigenvalue weighted by molar-refractivity contribution is 0.389. The van der Waals surface area contributed by atoms with Gasteiger partial charge in [-0.05, 0) is 30.2 Å². The Hall–Kier alpha value is -2.83. The van der Waals surface area contributed by atoms with Gasteiger partial charge < -0.3 is 9.88 Å². The van der Waals surface area contributed by atoms with Crippen LogP contribution in [0.15, 0.2) is 65.6 Å². The van der Waals surface area contributed by atoms with Crippen LogP contribution in [0.5, 0.6) is 0 Å². The summed E-state index contributed by atoms with van der Waals surface area (Å²) < 4.78 is 28.8. The molecule has 0 saturated heterocycles. The third-order valence-corrected chi connectivity index (χ3v) is 7.71. The van der Waals surface area contributed by atoms with Crippen LogP contribution in [0, 0.1) is 0 Å². The fourth-order valence-corrected chi connectivity index (χ4v) is 6.01. The van der Waals surface area contributed by atoms with Gasteiger partial charge in [0.1, 0.15) is 0 Å². The summed E-state index contributed by atoms with van der Waals surface area (Å²) >= 11 is 0.